The predicted octanol–water partition coefficient (Wildman–Crippen LogP) is 2.04. The third-order valence-electron chi connectivity index (χ3n) is 5.20. The second kappa shape index (κ2) is 7.06. The first-order chi connectivity index (χ1) is 14.0. The number of nitrogens with two attached hydrogens (primary N) is 1. The highest BCUT2D eigenvalue weighted by Gasteiger charge is 2.33. The third kappa shape index (κ3) is 2.94. The lowest BCUT2D eigenvalue weighted by Crippen LogP contribution is -2.22. The number of allylic oxidation sites excluding steroid dienone is 1. The summed E-state index contributed by atoms with van der Waals surface area (Å²) in [6.07, 6.45) is 0. The minimum atomic E-state index is -0.394. The first-order valence-electron chi connectivity index (χ1n) is 9.18. The van der Waals surface area contributed by atoms with Crippen molar-refractivity contribution in [1.29, 1.82) is 5.26 Å². The van der Waals surface area contributed by atoms with E-state index >= 15 is 0 Å². The summed E-state index contributed by atoms with van der Waals surface area (Å²) in [5, 5.41) is 10.8. The van der Waals surface area contributed by atoms with Crippen molar-refractivity contribution in [2.75, 3.05) is 14.2 Å². The molecule has 0 aliphatic carbocycles. The van der Waals surface area contributed by atoms with E-state index in [4.69, 9.17) is 19.9 Å². The van der Waals surface area contributed by atoms with Gasteiger partial charge in [-0.3, -0.25) is 0 Å². The highest BCUT2D eigenvalue weighted by molar-refractivity contribution is 6.34. The van der Waals surface area contributed by atoms with Crippen molar-refractivity contribution < 1.29 is 14.2 Å². The van der Waals surface area contributed by atoms with Gasteiger partial charge in [-0.15, -0.1) is 0 Å². The van der Waals surface area contributed by atoms with E-state index in [9.17, 15) is 5.26 Å². The van der Waals surface area contributed by atoms with Crippen LogP contribution in [-0.4, -0.2) is 27.0 Å². The number of nitrogens with zero attached hydrogens (tertiary/aromatic N) is 2. The Kier molecular flexibility index (Phi) is 4.55. The molecule has 2 heterocycles. The molecule has 0 fully saturated rings. The van der Waals surface area contributed by atoms with Gasteiger partial charge >= 0.3 is 0 Å². The molecule has 29 heavy (non-hydrogen) atoms. The van der Waals surface area contributed by atoms with Crippen molar-refractivity contribution in [2.45, 2.75) is 12.8 Å². The lowest BCUT2D eigenvalue weighted by atomic mass is 9.80. The molecule has 1 atom stereocenters. The first kappa shape index (κ1) is 18.7. The molecule has 0 spiro atoms. The summed E-state index contributed by atoms with van der Waals surface area (Å²) in [5.74, 6) is 1.54. The summed E-state index contributed by atoms with van der Waals surface area (Å²) in [7, 11) is 5.14. The van der Waals surface area contributed by atoms with Gasteiger partial charge in [-0.25, -0.2) is 4.98 Å². The summed E-state index contributed by atoms with van der Waals surface area (Å²) in [6, 6.07) is 14.0. The third-order valence-corrected chi connectivity index (χ3v) is 5.20. The average molecular weight is 385 g/mol. The number of benzene rings is 2. The Hall–Kier alpha value is -3.66. The molecule has 0 amide bonds. The van der Waals surface area contributed by atoms with Crippen LogP contribution in [0.5, 0.6) is 17.2 Å². The number of aryl methyl sites for hydroxylation is 1. The van der Waals surface area contributed by atoms with Crippen LogP contribution in [0.1, 0.15) is 22.7 Å². The minimum absolute atomic E-state index is 0.0910. The van der Waals surface area contributed by atoms with Crippen molar-refractivity contribution in [3.63, 3.8) is 0 Å². The zero-order valence-electron chi connectivity index (χ0n) is 16.7. The van der Waals surface area contributed by atoms with E-state index < -0.39 is 5.92 Å². The average Bonchev–Trinajstić information content (AvgIpc) is 2.72. The van der Waals surface area contributed by atoms with Crippen LogP contribution in [0.4, 0.5) is 0 Å². The second-order valence-corrected chi connectivity index (χ2v) is 7.01. The highest BCUT2D eigenvalue weighted by Crippen LogP contribution is 2.45. The van der Waals surface area contributed by atoms with Crippen LogP contribution in [-0.2, 0) is 0 Å². The van der Waals surface area contributed by atoms with Gasteiger partial charge in [-0.2, -0.15) is 5.26 Å². The van der Waals surface area contributed by atoms with Crippen LogP contribution in [0.2, 0.25) is 0 Å². The number of hydrogen-bond donors (Lipinski definition) is 1. The van der Waals surface area contributed by atoms with Gasteiger partial charge in [0.05, 0.1) is 20.1 Å². The number of methoxy groups -OCH3 is 2. The molecule has 0 saturated heterocycles. The maximum absolute atomic E-state index is 9.83. The molecular weight excluding hydrogens is 365 g/mol. The maximum atomic E-state index is 9.83. The monoisotopic (exact) mass is 385 g/mol. The molecule has 6 nitrogen and oxygen atoms in total. The number of ether oxygens (including phenoxy) is 3. The van der Waals surface area contributed by atoms with Gasteiger partial charge in [0.1, 0.15) is 25.0 Å². The van der Waals surface area contributed by atoms with E-state index in [-0.39, 0.29) is 5.88 Å². The van der Waals surface area contributed by atoms with Crippen molar-refractivity contribution >= 4 is 24.2 Å². The van der Waals surface area contributed by atoms with Crippen molar-refractivity contribution in [2.24, 2.45) is 5.73 Å². The first-order valence-corrected chi connectivity index (χ1v) is 9.18. The topological polar surface area (TPSA) is 90.4 Å². The van der Waals surface area contributed by atoms with Gasteiger partial charge in [0.2, 0.25) is 5.88 Å². The second-order valence-electron chi connectivity index (χ2n) is 7.01. The predicted molar refractivity (Wildman–Crippen MR) is 114 cm³/mol. The van der Waals surface area contributed by atoms with Gasteiger partial charge in [-0.05, 0) is 30.1 Å². The Bertz CT molecular complexity index is 1210. The molecule has 1 aromatic heterocycles. The lowest BCUT2D eigenvalue weighted by molar-refractivity contribution is 0.356. The number of nitriles is 1. The molecule has 144 valence electrons. The normalized spacial score (nSPS) is 15.4. The minimum Gasteiger partial charge on any atom is -0.493 e. The van der Waals surface area contributed by atoms with Crippen LogP contribution >= 0.6 is 0 Å². The fourth-order valence-electron chi connectivity index (χ4n) is 3.89. The molecule has 7 heteroatoms. The van der Waals surface area contributed by atoms with E-state index in [0.29, 0.717) is 22.8 Å². The Morgan fingerprint density at radius 3 is 2.62 bits per heavy atom. The summed E-state index contributed by atoms with van der Waals surface area (Å²) >= 11 is 0. The number of pyridine rings is 1. The summed E-state index contributed by atoms with van der Waals surface area (Å²) in [5.41, 5.74) is 10.8. The Balaban J connectivity index is 2.01. The molecule has 4 rings (SSSR count). The van der Waals surface area contributed by atoms with Gasteiger partial charge in [0.15, 0.2) is 17.2 Å². The van der Waals surface area contributed by atoms with Gasteiger partial charge in [0, 0.05) is 16.6 Å². The lowest BCUT2D eigenvalue weighted by Gasteiger charge is -2.28. The molecule has 1 aliphatic heterocycles. The van der Waals surface area contributed by atoms with Crippen LogP contribution in [0.25, 0.3) is 10.9 Å². The van der Waals surface area contributed by atoms with Gasteiger partial charge < -0.3 is 19.9 Å². The Labute approximate surface area is 169 Å². The summed E-state index contributed by atoms with van der Waals surface area (Å²) < 4.78 is 16.9. The van der Waals surface area contributed by atoms with Crippen molar-refractivity contribution in [1.82, 2.24) is 4.98 Å². The number of rotatable bonds is 3. The fraction of sp³-hybridized carbons (Fsp3) is 0.182. The van der Waals surface area contributed by atoms with Gasteiger partial charge in [-0.1, -0.05) is 24.3 Å². The molecule has 2 N–H and O–H groups in total. The van der Waals surface area contributed by atoms with E-state index in [2.05, 4.69) is 11.1 Å². The van der Waals surface area contributed by atoms with Crippen LogP contribution in [0.3, 0.4) is 0 Å². The van der Waals surface area contributed by atoms with E-state index in [1.54, 1.807) is 14.2 Å². The van der Waals surface area contributed by atoms with E-state index in [0.717, 1.165) is 33.2 Å². The Morgan fingerprint density at radius 2 is 1.93 bits per heavy atom. The standard InChI is InChI=1S/C22H20BN3O3/c1-11-4-5-12-6-7-14-18(13-8-16(23)21(28-3)17(9-13)27-2)15(10-24)22(25)29-20(14)19(12)26-11/h4-9,18H,23,25H2,1-3H3. The molecule has 2 aromatic carbocycles. The maximum Gasteiger partial charge on any atom is 0.205 e. The van der Waals surface area contributed by atoms with E-state index in [1.165, 1.54) is 0 Å². The molecular formula is C22H20BN3O3. The quantitative estimate of drug-likeness (QED) is 0.694. The van der Waals surface area contributed by atoms with Crippen molar-refractivity contribution in [3.05, 3.63) is 64.7 Å². The van der Waals surface area contributed by atoms with Crippen LogP contribution < -0.4 is 25.4 Å². The zero-order chi connectivity index (χ0) is 20.7. The van der Waals surface area contributed by atoms with Crippen LogP contribution in [0.15, 0.2) is 47.9 Å². The molecule has 1 unspecified atom stereocenters. The number of hydrogen-bond acceptors (Lipinski definition) is 6. The molecule has 3 aromatic rings. The SMILES string of the molecule is Bc1cc(C2C(C#N)=C(N)Oc3c2ccc2ccc(C)nc32)cc(OC)c1OC. The Morgan fingerprint density at radius 1 is 1.17 bits per heavy atom. The molecule has 1 aliphatic rings. The van der Waals surface area contributed by atoms with Crippen LogP contribution in [0, 0.1) is 18.3 Å². The highest BCUT2D eigenvalue weighted by atomic mass is 16.5. The summed E-state index contributed by atoms with van der Waals surface area (Å²) in [4.78, 5) is 4.65. The molecule has 0 bridgehead atoms. The molecule has 0 saturated carbocycles. The number of fused-ring (bicyclic) bond motifs is 3. The van der Waals surface area contributed by atoms with Crippen molar-refractivity contribution in [3.8, 4) is 23.3 Å². The van der Waals surface area contributed by atoms with Gasteiger partial charge in [0.25, 0.3) is 0 Å². The fourth-order valence-corrected chi connectivity index (χ4v) is 3.89. The summed E-state index contributed by atoms with van der Waals surface area (Å²) in [6.45, 7) is 1.93. The zero-order valence-corrected chi connectivity index (χ0v) is 16.7. The largest absolute Gasteiger partial charge is 0.493 e. The molecule has 0 radical (unpaired) electrons. The number of aromatic nitrogens is 1. The smallest absolute Gasteiger partial charge is 0.205 e. The van der Waals surface area contributed by atoms with E-state index in [1.807, 2.05) is 51.2 Å².